The van der Waals surface area contributed by atoms with Crippen LogP contribution in [0.3, 0.4) is 0 Å². The number of halogens is 3. The molecule has 0 N–H and O–H groups in total. The van der Waals surface area contributed by atoms with E-state index in [4.69, 9.17) is 0 Å². The lowest BCUT2D eigenvalue weighted by Crippen LogP contribution is -2.28. The molecule has 0 saturated carbocycles. The fourth-order valence-electron chi connectivity index (χ4n) is 2.10. The molecule has 0 atom stereocenters. The van der Waals surface area contributed by atoms with E-state index < -0.39 is 72.7 Å². The Bertz CT molecular complexity index is 930. The SMILES string of the molecule is CCOC(=O)CCc1c([N+](=O)[O-])cc(OC)c(OS(=O)(=O)C(F)(F)F)c1[N+](=O)[O-]. The summed E-state index contributed by atoms with van der Waals surface area (Å²) < 4.78 is 73.5. The van der Waals surface area contributed by atoms with Crippen molar-refractivity contribution in [2.24, 2.45) is 0 Å². The van der Waals surface area contributed by atoms with Crippen LogP contribution in [0.2, 0.25) is 0 Å². The van der Waals surface area contributed by atoms with E-state index >= 15 is 0 Å². The van der Waals surface area contributed by atoms with Gasteiger partial charge in [0, 0.05) is 0 Å². The number of hydrogen-bond donors (Lipinski definition) is 0. The molecule has 0 spiro atoms. The van der Waals surface area contributed by atoms with Gasteiger partial charge in [-0.3, -0.25) is 25.0 Å². The van der Waals surface area contributed by atoms with Gasteiger partial charge in [-0.25, -0.2) is 0 Å². The molecule has 29 heavy (non-hydrogen) atoms. The number of carbonyl (C=O) groups excluding carboxylic acids is 1. The molecule has 0 bridgehead atoms. The van der Waals surface area contributed by atoms with Gasteiger partial charge in [0.15, 0.2) is 5.75 Å². The van der Waals surface area contributed by atoms with Crippen LogP contribution < -0.4 is 8.92 Å². The van der Waals surface area contributed by atoms with E-state index in [1.807, 2.05) is 0 Å². The number of nitro benzene ring substituents is 2. The molecule has 1 rings (SSSR count). The van der Waals surface area contributed by atoms with Gasteiger partial charge in [-0.05, 0) is 13.3 Å². The maximum absolute atomic E-state index is 12.6. The van der Waals surface area contributed by atoms with Crippen molar-refractivity contribution in [1.82, 2.24) is 0 Å². The van der Waals surface area contributed by atoms with Crippen molar-refractivity contribution in [2.75, 3.05) is 13.7 Å². The van der Waals surface area contributed by atoms with Crippen molar-refractivity contribution < 1.29 is 49.9 Å². The minimum absolute atomic E-state index is 0.0657. The number of esters is 1. The van der Waals surface area contributed by atoms with Crippen LogP contribution in [0, 0.1) is 20.2 Å². The van der Waals surface area contributed by atoms with Crippen LogP contribution in [0.15, 0.2) is 6.07 Å². The first-order valence-corrected chi connectivity index (χ1v) is 8.86. The maximum atomic E-state index is 12.6. The summed E-state index contributed by atoms with van der Waals surface area (Å²) in [5.74, 6) is -3.42. The van der Waals surface area contributed by atoms with E-state index in [0.717, 1.165) is 7.11 Å². The van der Waals surface area contributed by atoms with Crippen LogP contribution in [0.5, 0.6) is 11.5 Å². The van der Waals surface area contributed by atoms with Crippen molar-refractivity contribution in [1.29, 1.82) is 0 Å². The quantitative estimate of drug-likeness (QED) is 0.180. The Morgan fingerprint density at radius 3 is 2.21 bits per heavy atom. The normalized spacial score (nSPS) is 11.6. The van der Waals surface area contributed by atoms with E-state index in [0.29, 0.717) is 6.07 Å². The predicted octanol–water partition coefficient (Wildman–Crippen LogP) is 2.24. The molecular formula is C13H13F3N2O10S. The number of rotatable bonds is 9. The number of alkyl halides is 3. The second kappa shape index (κ2) is 8.89. The van der Waals surface area contributed by atoms with E-state index in [1.54, 1.807) is 0 Å². The zero-order valence-electron chi connectivity index (χ0n) is 14.7. The average molecular weight is 446 g/mol. The molecule has 0 fully saturated rings. The molecule has 12 nitrogen and oxygen atoms in total. The Morgan fingerprint density at radius 2 is 1.79 bits per heavy atom. The number of benzene rings is 1. The second-order valence-electron chi connectivity index (χ2n) is 5.06. The molecule has 0 amide bonds. The number of nitrogens with zero attached hydrogens (tertiary/aromatic N) is 2. The fraction of sp³-hybridized carbons (Fsp3) is 0.462. The van der Waals surface area contributed by atoms with E-state index in [9.17, 15) is 46.6 Å². The first kappa shape index (κ1) is 23.9. The lowest BCUT2D eigenvalue weighted by atomic mass is 10.0. The molecule has 16 heteroatoms. The van der Waals surface area contributed by atoms with Gasteiger partial charge in [0.1, 0.15) is 5.56 Å². The van der Waals surface area contributed by atoms with Gasteiger partial charge in [-0.2, -0.15) is 21.6 Å². The highest BCUT2D eigenvalue weighted by Gasteiger charge is 2.50. The third-order valence-corrected chi connectivity index (χ3v) is 4.21. The molecule has 0 saturated heterocycles. The van der Waals surface area contributed by atoms with Crippen molar-refractivity contribution in [2.45, 2.75) is 25.3 Å². The lowest BCUT2D eigenvalue weighted by molar-refractivity contribution is -0.396. The van der Waals surface area contributed by atoms with Crippen molar-refractivity contribution in [3.63, 3.8) is 0 Å². The van der Waals surface area contributed by atoms with E-state index in [-0.39, 0.29) is 6.61 Å². The van der Waals surface area contributed by atoms with Gasteiger partial charge in [0.2, 0.25) is 0 Å². The molecule has 0 aliphatic heterocycles. The van der Waals surface area contributed by atoms with Crippen LogP contribution >= 0.6 is 0 Å². The highest BCUT2D eigenvalue weighted by atomic mass is 32.2. The Balaban J connectivity index is 3.75. The standard InChI is InChI=1S/C13H13F3N2O10S/c1-3-27-10(19)5-4-7-8(17(20)21)6-9(26-2)12(11(7)18(22)23)28-29(24,25)13(14,15)16/h6H,3-5H2,1-2H3. The molecule has 0 unspecified atom stereocenters. The zero-order chi connectivity index (χ0) is 22.6. The van der Waals surface area contributed by atoms with Gasteiger partial charge in [0.05, 0.1) is 36.1 Å². The van der Waals surface area contributed by atoms with Crippen molar-refractivity contribution in [3.05, 3.63) is 31.9 Å². The molecule has 0 heterocycles. The summed E-state index contributed by atoms with van der Waals surface area (Å²) in [5.41, 5.74) is -9.25. The molecular weight excluding hydrogens is 433 g/mol. The Kier molecular flexibility index (Phi) is 7.32. The largest absolute Gasteiger partial charge is 0.534 e. The maximum Gasteiger partial charge on any atom is 0.534 e. The summed E-state index contributed by atoms with van der Waals surface area (Å²) >= 11 is 0. The van der Waals surface area contributed by atoms with Crippen LogP contribution in [0.25, 0.3) is 0 Å². The molecule has 0 aliphatic rings. The van der Waals surface area contributed by atoms with Crippen LogP contribution in [0.4, 0.5) is 24.5 Å². The van der Waals surface area contributed by atoms with Crippen molar-refractivity contribution >= 4 is 27.5 Å². The number of nitro groups is 2. The van der Waals surface area contributed by atoms with Crippen LogP contribution in [-0.2, 0) is 26.1 Å². The number of ether oxygens (including phenoxy) is 2. The van der Waals surface area contributed by atoms with Gasteiger partial charge in [-0.15, -0.1) is 0 Å². The van der Waals surface area contributed by atoms with E-state index in [1.165, 1.54) is 6.92 Å². The minimum Gasteiger partial charge on any atom is -0.492 e. The highest BCUT2D eigenvalue weighted by Crippen LogP contribution is 2.47. The average Bonchev–Trinajstić information content (AvgIpc) is 2.58. The Labute approximate surface area is 160 Å². The molecule has 0 aromatic heterocycles. The number of hydrogen-bond acceptors (Lipinski definition) is 10. The highest BCUT2D eigenvalue weighted by molar-refractivity contribution is 7.88. The van der Waals surface area contributed by atoms with Gasteiger partial charge < -0.3 is 13.7 Å². The van der Waals surface area contributed by atoms with Crippen LogP contribution in [0.1, 0.15) is 18.9 Å². The first-order valence-electron chi connectivity index (χ1n) is 7.45. The number of carbonyl (C=O) groups is 1. The molecule has 0 aliphatic carbocycles. The summed E-state index contributed by atoms with van der Waals surface area (Å²) in [6, 6.07) is 0.453. The monoisotopic (exact) mass is 446 g/mol. The first-order chi connectivity index (χ1) is 13.3. The smallest absolute Gasteiger partial charge is 0.492 e. The molecule has 0 radical (unpaired) electrons. The van der Waals surface area contributed by atoms with Crippen LogP contribution in [-0.4, -0.2) is 43.5 Å². The molecule has 162 valence electrons. The predicted molar refractivity (Wildman–Crippen MR) is 86.9 cm³/mol. The Hall–Kier alpha value is -3.17. The topological polar surface area (TPSA) is 165 Å². The lowest BCUT2D eigenvalue weighted by Gasteiger charge is -2.14. The summed E-state index contributed by atoms with van der Waals surface area (Å²) in [7, 11) is -5.60. The summed E-state index contributed by atoms with van der Waals surface area (Å²) in [6.45, 7) is 1.38. The third kappa shape index (κ3) is 5.43. The second-order valence-corrected chi connectivity index (χ2v) is 6.59. The van der Waals surface area contributed by atoms with Gasteiger partial charge >= 0.3 is 27.3 Å². The number of methoxy groups -OCH3 is 1. The summed E-state index contributed by atoms with van der Waals surface area (Å²) in [5, 5.41) is 22.7. The summed E-state index contributed by atoms with van der Waals surface area (Å²) in [4.78, 5) is 31.7. The van der Waals surface area contributed by atoms with E-state index in [2.05, 4.69) is 13.7 Å². The third-order valence-electron chi connectivity index (χ3n) is 3.26. The molecule has 1 aromatic carbocycles. The zero-order valence-corrected chi connectivity index (χ0v) is 15.5. The Morgan fingerprint density at radius 1 is 1.21 bits per heavy atom. The van der Waals surface area contributed by atoms with Gasteiger partial charge in [-0.1, -0.05) is 0 Å². The molecule has 1 aromatic rings. The van der Waals surface area contributed by atoms with Crippen molar-refractivity contribution in [3.8, 4) is 11.5 Å². The minimum atomic E-state index is -6.38. The summed E-state index contributed by atoms with van der Waals surface area (Å²) in [6.07, 6.45) is -1.34. The fourth-order valence-corrected chi connectivity index (χ4v) is 2.58. The van der Waals surface area contributed by atoms with Gasteiger partial charge in [0.25, 0.3) is 11.4 Å².